The van der Waals surface area contributed by atoms with Crippen LogP contribution in [0.1, 0.15) is 57.5 Å². The van der Waals surface area contributed by atoms with Gasteiger partial charge in [-0.15, -0.1) is 0 Å². The Hall–Kier alpha value is -3.59. The first kappa shape index (κ1) is 41.8. The minimum absolute atomic E-state index is 0. The maximum Gasteiger partial charge on any atom is 1.00 e. The van der Waals surface area contributed by atoms with E-state index >= 15 is 0 Å². The molecule has 51 heavy (non-hydrogen) atoms. The average molecular weight is 720 g/mol. The van der Waals surface area contributed by atoms with Crippen molar-refractivity contribution in [2.75, 3.05) is 19.5 Å². The van der Waals surface area contributed by atoms with Crippen LogP contribution in [0.2, 0.25) is 0 Å². The van der Waals surface area contributed by atoms with Gasteiger partial charge in [0.2, 0.25) is 0 Å². The molecule has 14 heteroatoms. The second-order valence-corrected chi connectivity index (χ2v) is 13.4. The van der Waals surface area contributed by atoms with Crippen LogP contribution in [0.5, 0.6) is 23.0 Å². The fourth-order valence-corrected chi connectivity index (χ4v) is 6.83. The van der Waals surface area contributed by atoms with Gasteiger partial charge in [0, 0.05) is 37.0 Å². The maximum absolute atomic E-state index is 13.9. The molecule has 5 rings (SSSR count). The Bertz CT molecular complexity index is 1770. The molecule has 0 fully saturated rings. The molecule has 0 saturated carbocycles. The Kier molecular flexibility index (Phi) is 13.4. The number of phenols is 2. The molecule has 272 valence electrons. The fraction of sp³-hybridized carbons (Fsp3) is 0.486. The number of amides is 1. The molecule has 2 aromatic rings. The number of methoxy groups -OCH3 is 2. The molecule has 3 aliphatic heterocycles. The Morgan fingerprint density at radius 1 is 0.961 bits per heavy atom. The van der Waals surface area contributed by atoms with E-state index in [0.29, 0.717) is 0 Å². The Labute approximate surface area is 319 Å². The first-order valence-corrected chi connectivity index (χ1v) is 16.3. The average Bonchev–Trinajstić information content (AvgIpc) is 3.34. The number of rotatable bonds is 2. The molecule has 3 aliphatic rings. The summed E-state index contributed by atoms with van der Waals surface area (Å²) in [6, 6.07) is 0.949. The Morgan fingerprint density at radius 2 is 1.61 bits per heavy atom. The number of benzene rings is 2. The normalized spacial score (nSPS) is 32.6. The first-order chi connectivity index (χ1) is 23.4. The van der Waals surface area contributed by atoms with Crippen LogP contribution in [0, 0.1) is 36.5 Å². The third kappa shape index (κ3) is 7.79. The van der Waals surface area contributed by atoms with Gasteiger partial charge in [0.1, 0.15) is 11.5 Å². The number of allylic oxidation sites excluding steroid dienone is 2. The minimum atomic E-state index is -2.02. The second-order valence-electron chi connectivity index (χ2n) is 13.4. The quantitative estimate of drug-likeness (QED) is 0.168. The van der Waals surface area contributed by atoms with E-state index in [1.807, 2.05) is 0 Å². The smallest absolute Gasteiger partial charge is 0.872 e. The number of nitrogens with one attached hydrogen (secondary N) is 1. The van der Waals surface area contributed by atoms with E-state index < -0.39 is 88.6 Å². The van der Waals surface area contributed by atoms with Crippen molar-refractivity contribution in [2.45, 2.75) is 72.6 Å². The van der Waals surface area contributed by atoms with Gasteiger partial charge in [-0.1, -0.05) is 51.7 Å². The van der Waals surface area contributed by atoms with Gasteiger partial charge in [-0.05, 0) is 43.2 Å². The van der Waals surface area contributed by atoms with Gasteiger partial charge in [-0.25, -0.2) is 0 Å². The zero-order valence-electron chi connectivity index (χ0n) is 30.6. The molecule has 0 spiro atoms. The topological polar surface area (TPSA) is 204 Å². The standard InChI is InChI=1S/C37H47NO12.Na/c1-16-11-10-12-17(2)35(45)38-22-15-23(39)26-27(32(22)43)31(42)21(6)33-28(26)34(44)37(7,50-33)49-14-13-24(47-8)18(3)25(36(46)48-9)19(4)30(41)20(5)29(16)40;/h10-16,18-20,24-25,29-30,39-43H,1-9H3,(H,38,45);/q;+1/p-1/b11-10-,14-13-,17-12-;/t16-,18+,19-,20+,24-,25+,29-,30-,37-;/m0./s1. The first-order valence-electron chi connectivity index (χ1n) is 16.3. The number of aromatic hydroxyl groups is 2. The molecule has 5 bridgehead atoms. The van der Waals surface area contributed by atoms with Gasteiger partial charge < -0.3 is 49.8 Å². The van der Waals surface area contributed by atoms with Gasteiger partial charge >= 0.3 is 41.3 Å². The molecular formula is C37H46NNaO12. The number of Topliss-reactive ketones (excluding diaryl/α,β-unsaturated/α-hetero) is 1. The maximum atomic E-state index is 13.9. The number of fused-ring (bicyclic) bond motifs is 14. The summed E-state index contributed by atoms with van der Waals surface area (Å²) in [7, 11) is 2.65. The van der Waals surface area contributed by atoms with Crippen LogP contribution in [-0.4, -0.2) is 76.4 Å². The Morgan fingerprint density at radius 3 is 2.22 bits per heavy atom. The van der Waals surface area contributed by atoms with Gasteiger partial charge in [-0.2, -0.15) is 0 Å². The minimum Gasteiger partial charge on any atom is -0.872 e. The van der Waals surface area contributed by atoms with Crippen LogP contribution in [0.25, 0.3) is 10.8 Å². The van der Waals surface area contributed by atoms with E-state index in [1.165, 1.54) is 53.4 Å². The number of carbonyl (C=O) groups is 3. The summed E-state index contributed by atoms with van der Waals surface area (Å²) >= 11 is 0. The van der Waals surface area contributed by atoms with Gasteiger partial charge in [0.25, 0.3) is 11.7 Å². The summed E-state index contributed by atoms with van der Waals surface area (Å²) in [4.78, 5) is 40.1. The number of aliphatic hydroxyl groups is 2. The molecule has 3 heterocycles. The predicted molar refractivity (Wildman–Crippen MR) is 182 cm³/mol. The number of phenolic OH excluding ortho intramolecular Hbond substituents is 2. The summed E-state index contributed by atoms with van der Waals surface area (Å²) in [6.45, 7) is 11.1. The molecule has 9 atom stereocenters. The summed E-state index contributed by atoms with van der Waals surface area (Å²) in [6.07, 6.45) is 4.30. The van der Waals surface area contributed by atoms with Crippen molar-refractivity contribution in [2.24, 2.45) is 29.6 Å². The van der Waals surface area contributed by atoms with E-state index in [1.54, 1.807) is 39.8 Å². The molecule has 0 aliphatic carbocycles. The van der Waals surface area contributed by atoms with Crippen molar-refractivity contribution in [3.63, 3.8) is 0 Å². The molecular weight excluding hydrogens is 673 g/mol. The third-order valence-corrected chi connectivity index (χ3v) is 10.1. The van der Waals surface area contributed by atoms with Crippen molar-refractivity contribution >= 4 is 34.1 Å². The van der Waals surface area contributed by atoms with E-state index in [9.17, 15) is 39.9 Å². The Balaban J connectivity index is 0.00000702. The predicted octanol–water partition coefficient (Wildman–Crippen LogP) is 0.984. The van der Waals surface area contributed by atoms with Crippen LogP contribution in [0.15, 0.2) is 42.2 Å². The number of anilines is 1. The molecule has 1 amide bonds. The summed E-state index contributed by atoms with van der Waals surface area (Å²) in [5, 5.41) is 60.3. The van der Waals surface area contributed by atoms with Crippen molar-refractivity contribution in [3.8, 4) is 23.0 Å². The van der Waals surface area contributed by atoms with Crippen LogP contribution < -0.4 is 44.7 Å². The number of ketones is 1. The molecule has 0 aromatic heterocycles. The molecule has 0 radical (unpaired) electrons. The van der Waals surface area contributed by atoms with E-state index in [0.717, 1.165) is 6.07 Å². The summed E-state index contributed by atoms with van der Waals surface area (Å²) in [5.41, 5.74) is -0.278. The molecule has 13 nitrogen and oxygen atoms in total. The number of hydrogen-bond acceptors (Lipinski definition) is 12. The second kappa shape index (κ2) is 16.4. The zero-order valence-corrected chi connectivity index (χ0v) is 32.6. The largest absolute Gasteiger partial charge is 1.00 e. The third-order valence-electron chi connectivity index (χ3n) is 10.1. The number of ether oxygens (including phenoxy) is 4. The van der Waals surface area contributed by atoms with Gasteiger partial charge in [0.15, 0.2) is 5.75 Å². The van der Waals surface area contributed by atoms with Crippen molar-refractivity contribution in [3.05, 3.63) is 53.3 Å². The molecule has 0 saturated heterocycles. The number of hydrogen-bond donors (Lipinski definition) is 5. The van der Waals surface area contributed by atoms with Crippen LogP contribution >= 0.6 is 0 Å². The van der Waals surface area contributed by atoms with E-state index in [2.05, 4.69) is 5.32 Å². The monoisotopic (exact) mass is 719 g/mol. The van der Waals surface area contributed by atoms with E-state index in [4.69, 9.17) is 18.9 Å². The van der Waals surface area contributed by atoms with Crippen molar-refractivity contribution in [1.29, 1.82) is 0 Å². The van der Waals surface area contributed by atoms with Gasteiger partial charge in [-0.3, -0.25) is 14.4 Å². The number of esters is 1. The van der Waals surface area contributed by atoms with Crippen molar-refractivity contribution < 1.29 is 88.4 Å². The molecule has 2 aromatic carbocycles. The van der Waals surface area contributed by atoms with Crippen molar-refractivity contribution in [1.82, 2.24) is 0 Å². The van der Waals surface area contributed by atoms with Gasteiger partial charge in [0.05, 0.1) is 54.2 Å². The number of carbonyl (C=O) groups excluding carboxylic acids is 3. The van der Waals surface area contributed by atoms with E-state index in [-0.39, 0.29) is 68.5 Å². The molecule has 0 unspecified atom stereocenters. The zero-order chi connectivity index (χ0) is 37.4. The fourth-order valence-electron chi connectivity index (χ4n) is 6.83. The van der Waals surface area contributed by atoms with Crippen LogP contribution in [0.4, 0.5) is 5.69 Å². The van der Waals surface area contributed by atoms with Crippen LogP contribution in [0.3, 0.4) is 0 Å². The number of aliphatic hydroxyl groups excluding tert-OH is 2. The SMILES string of the molecule is COC(=O)[C@H]1[C@H](C)[C@H](O)[C@H](C)[C@@H](O)[C@@H](C)/C=C\C=C(\C)C(=O)Nc2cc([O-])c3c4c(c(C)c(O)c3c2O)O[C@](C)(O/C=C\[C@H](OC)[C@H]1C)C4=O.[Na+]. The summed E-state index contributed by atoms with van der Waals surface area (Å²) in [5.74, 6) is -9.54. The van der Waals surface area contributed by atoms with Crippen LogP contribution in [-0.2, 0) is 23.8 Å². The summed E-state index contributed by atoms with van der Waals surface area (Å²) < 4.78 is 22.5. The molecule has 5 N–H and O–H groups in total.